The van der Waals surface area contributed by atoms with E-state index in [2.05, 4.69) is 0 Å². The molecule has 2 aromatic rings. The van der Waals surface area contributed by atoms with Crippen molar-refractivity contribution in [3.63, 3.8) is 0 Å². The molecule has 0 aliphatic rings. The third-order valence-corrected chi connectivity index (χ3v) is 3.36. The number of rotatable bonds is 5. The van der Waals surface area contributed by atoms with Gasteiger partial charge in [0, 0.05) is 17.7 Å². The van der Waals surface area contributed by atoms with Crippen LogP contribution in [0, 0.1) is 0 Å². The molecule has 1 aromatic heterocycles. The largest absolute Gasteiger partial charge is 0.497 e. The third-order valence-electron chi connectivity index (χ3n) is 2.49. The number of methoxy groups -OCH3 is 1. The van der Waals surface area contributed by atoms with Crippen molar-refractivity contribution in [1.29, 1.82) is 0 Å². The van der Waals surface area contributed by atoms with E-state index in [0.29, 0.717) is 12.8 Å². The predicted molar refractivity (Wildman–Crippen MR) is 69.7 cm³/mol. The number of hydrogen-bond acceptors (Lipinski definition) is 3. The highest BCUT2D eigenvalue weighted by Gasteiger charge is 2.06. The van der Waals surface area contributed by atoms with E-state index in [1.165, 1.54) is 0 Å². The fraction of sp³-hybridized carbons (Fsp3) is 0.214. The molecule has 0 atom stereocenters. The molecule has 0 unspecified atom stereocenters. The molecule has 17 heavy (non-hydrogen) atoms. The second-order valence-electron chi connectivity index (χ2n) is 3.82. The van der Waals surface area contributed by atoms with Crippen LogP contribution in [0.2, 0.25) is 0 Å². The molecule has 0 aliphatic heterocycles. The van der Waals surface area contributed by atoms with Gasteiger partial charge in [-0.2, -0.15) is 0 Å². The summed E-state index contributed by atoms with van der Waals surface area (Å²) in [4.78, 5) is 13.0. The van der Waals surface area contributed by atoms with Crippen LogP contribution in [-0.4, -0.2) is 12.9 Å². The smallest absolute Gasteiger partial charge is 0.142 e. The van der Waals surface area contributed by atoms with Gasteiger partial charge >= 0.3 is 0 Å². The molecule has 0 amide bonds. The fourth-order valence-corrected chi connectivity index (χ4v) is 2.41. The van der Waals surface area contributed by atoms with Gasteiger partial charge in [-0.15, -0.1) is 11.3 Å². The Morgan fingerprint density at radius 3 is 2.82 bits per heavy atom. The molecule has 2 nitrogen and oxygen atoms in total. The SMILES string of the molecule is COc1cccc(CC(=O)Cc2cccs2)c1. The van der Waals surface area contributed by atoms with Crippen LogP contribution < -0.4 is 4.74 Å². The number of hydrogen-bond donors (Lipinski definition) is 0. The zero-order chi connectivity index (χ0) is 12.1. The molecule has 0 aliphatic carbocycles. The number of thiophene rings is 1. The minimum Gasteiger partial charge on any atom is -0.497 e. The maximum absolute atomic E-state index is 11.8. The van der Waals surface area contributed by atoms with E-state index in [1.807, 2.05) is 41.8 Å². The van der Waals surface area contributed by atoms with Crippen LogP contribution in [0.3, 0.4) is 0 Å². The summed E-state index contributed by atoms with van der Waals surface area (Å²) in [6, 6.07) is 11.6. The Balaban J connectivity index is 1.98. The summed E-state index contributed by atoms with van der Waals surface area (Å²) in [6.07, 6.45) is 0.990. The van der Waals surface area contributed by atoms with Crippen molar-refractivity contribution < 1.29 is 9.53 Å². The second kappa shape index (κ2) is 5.64. The van der Waals surface area contributed by atoms with Crippen LogP contribution >= 0.6 is 11.3 Å². The second-order valence-corrected chi connectivity index (χ2v) is 4.86. The summed E-state index contributed by atoms with van der Waals surface area (Å²) < 4.78 is 5.13. The van der Waals surface area contributed by atoms with Gasteiger partial charge < -0.3 is 4.74 Å². The first-order valence-electron chi connectivity index (χ1n) is 5.45. The van der Waals surface area contributed by atoms with Gasteiger partial charge in [0.1, 0.15) is 11.5 Å². The fourth-order valence-electron chi connectivity index (χ4n) is 1.68. The summed E-state index contributed by atoms with van der Waals surface area (Å²) in [7, 11) is 1.63. The van der Waals surface area contributed by atoms with Crippen LogP contribution in [0.25, 0.3) is 0 Å². The van der Waals surface area contributed by atoms with E-state index in [-0.39, 0.29) is 5.78 Å². The lowest BCUT2D eigenvalue weighted by atomic mass is 10.1. The molecule has 88 valence electrons. The van der Waals surface area contributed by atoms with Crippen molar-refractivity contribution in [1.82, 2.24) is 0 Å². The Kier molecular flexibility index (Phi) is 3.94. The van der Waals surface area contributed by atoms with Crippen molar-refractivity contribution >= 4 is 17.1 Å². The summed E-state index contributed by atoms with van der Waals surface area (Å²) in [5, 5.41) is 1.99. The van der Waals surface area contributed by atoms with Crippen LogP contribution in [0.15, 0.2) is 41.8 Å². The van der Waals surface area contributed by atoms with Gasteiger partial charge in [0.25, 0.3) is 0 Å². The molecular formula is C14H14O2S. The van der Waals surface area contributed by atoms with Crippen molar-refractivity contribution in [3.8, 4) is 5.75 Å². The minimum atomic E-state index is 0.237. The van der Waals surface area contributed by atoms with Crippen molar-refractivity contribution in [2.45, 2.75) is 12.8 Å². The lowest BCUT2D eigenvalue weighted by Gasteiger charge is -2.03. The first-order valence-corrected chi connectivity index (χ1v) is 6.33. The van der Waals surface area contributed by atoms with Crippen LogP contribution in [0.1, 0.15) is 10.4 Å². The molecule has 0 radical (unpaired) electrons. The van der Waals surface area contributed by atoms with E-state index < -0.39 is 0 Å². The standard InChI is InChI=1S/C14H14O2S/c1-16-13-5-2-4-11(9-13)8-12(15)10-14-6-3-7-17-14/h2-7,9H,8,10H2,1H3. The molecule has 2 rings (SSSR count). The number of benzene rings is 1. The van der Waals surface area contributed by atoms with E-state index in [0.717, 1.165) is 16.2 Å². The molecule has 1 heterocycles. The number of carbonyl (C=O) groups excluding carboxylic acids is 1. The highest BCUT2D eigenvalue weighted by atomic mass is 32.1. The van der Waals surface area contributed by atoms with Crippen molar-refractivity contribution in [2.75, 3.05) is 7.11 Å². The Bertz CT molecular complexity index is 489. The topological polar surface area (TPSA) is 26.3 Å². The summed E-state index contributed by atoms with van der Waals surface area (Å²) in [5.74, 6) is 1.03. The van der Waals surface area contributed by atoms with Gasteiger partial charge in [0.2, 0.25) is 0 Å². The summed E-state index contributed by atoms with van der Waals surface area (Å²) >= 11 is 1.62. The highest BCUT2D eigenvalue weighted by molar-refractivity contribution is 7.10. The molecule has 3 heteroatoms. The van der Waals surface area contributed by atoms with E-state index >= 15 is 0 Å². The van der Waals surface area contributed by atoms with Gasteiger partial charge in [-0.3, -0.25) is 4.79 Å². The quantitative estimate of drug-likeness (QED) is 0.810. The van der Waals surface area contributed by atoms with Crippen molar-refractivity contribution in [2.24, 2.45) is 0 Å². The number of Topliss-reactive ketones (excluding diaryl/α,β-unsaturated/α-hetero) is 1. The molecule has 0 saturated carbocycles. The van der Waals surface area contributed by atoms with Gasteiger partial charge in [0.15, 0.2) is 0 Å². The maximum atomic E-state index is 11.8. The summed E-state index contributed by atoms with van der Waals surface area (Å²) in [6.45, 7) is 0. The van der Waals surface area contributed by atoms with E-state index in [9.17, 15) is 4.79 Å². The minimum absolute atomic E-state index is 0.237. The first-order chi connectivity index (χ1) is 8.28. The van der Waals surface area contributed by atoms with Crippen LogP contribution in [-0.2, 0) is 17.6 Å². The van der Waals surface area contributed by atoms with E-state index in [1.54, 1.807) is 18.4 Å². The molecule has 1 aromatic carbocycles. The van der Waals surface area contributed by atoms with Crippen LogP contribution in [0.4, 0.5) is 0 Å². The molecule has 0 N–H and O–H groups in total. The van der Waals surface area contributed by atoms with Crippen LogP contribution in [0.5, 0.6) is 5.75 Å². The van der Waals surface area contributed by atoms with E-state index in [4.69, 9.17) is 4.74 Å². The molecule has 0 saturated heterocycles. The zero-order valence-corrected chi connectivity index (χ0v) is 10.5. The number of ether oxygens (including phenoxy) is 1. The summed E-state index contributed by atoms with van der Waals surface area (Å²) in [5.41, 5.74) is 1.01. The monoisotopic (exact) mass is 246 g/mol. The Morgan fingerprint density at radius 1 is 1.24 bits per heavy atom. The average Bonchev–Trinajstić information content (AvgIpc) is 2.82. The number of ketones is 1. The zero-order valence-electron chi connectivity index (χ0n) is 9.68. The Hall–Kier alpha value is -1.61. The molecule has 0 spiro atoms. The highest BCUT2D eigenvalue weighted by Crippen LogP contribution is 2.15. The first kappa shape index (κ1) is 11.9. The lowest BCUT2D eigenvalue weighted by molar-refractivity contribution is -0.117. The predicted octanol–water partition coefficient (Wildman–Crippen LogP) is 3.11. The van der Waals surface area contributed by atoms with Gasteiger partial charge in [-0.25, -0.2) is 0 Å². The average molecular weight is 246 g/mol. The Morgan fingerprint density at radius 2 is 2.12 bits per heavy atom. The maximum Gasteiger partial charge on any atom is 0.142 e. The Labute approximate surface area is 105 Å². The molecule has 0 bridgehead atoms. The number of carbonyl (C=O) groups is 1. The normalized spacial score (nSPS) is 10.2. The van der Waals surface area contributed by atoms with Gasteiger partial charge in [-0.05, 0) is 29.1 Å². The lowest BCUT2D eigenvalue weighted by Crippen LogP contribution is -2.05. The van der Waals surface area contributed by atoms with Gasteiger partial charge in [-0.1, -0.05) is 18.2 Å². The third kappa shape index (κ3) is 3.43. The van der Waals surface area contributed by atoms with Crippen molar-refractivity contribution in [3.05, 3.63) is 52.2 Å². The van der Waals surface area contributed by atoms with Gasteiger partial charge in [0.05, 0.1) is 7.11 Å². The molecular weight excluding hydrogens is 232 g/mol. The molecule has 0 fully saturated rings.